The van der Waals surface area contributed by atoms with Gasteiger partial charge in [-0.1, -0.05) is 77.5 Å². The topological polar surface area (TPSA) is 35.5 Å². The summed E-state index contributed by atoms with van der Waals surface area (Å²) in [5, 5.41) is 0. The number of hydrogen-bond donors (Lipinski definition) is 0. The molecular weight excluding hydrogens is 396 g/mol. The maximum Gasteiger partial charge on any atom is 0.185 e. The lowest BCUT2D eigenvalue weighted by Gasteiger charge is -2.11. The molecule has 2 aromatic rings. The molecule has 0 bridgehead atoms. The van der Waals surface area contributed by atoms with Crippen LogP contribution in [0.4, 0.5) is 0 Å². The van der Waals surface area contributed by atoms with Gasteiger partial charge in [0.25, 0.3) is 0 Å². The van der Waals surface area contributed by atoms with Gasteiger partial charge in [-0.05, 0) is 61.2 Å². The van der Waals surface area contributed by atoms with Crippen LogP contribution in [0.25, 0.3) is 6.08 Å². The minimum Gasteiger partial charge on any atom is -0.494 e. The summed E-state index contributed by atoms with van der Waals surface area (Å²) < 4.78 is 11.9. The molecule has 3 nitrogen and oxygen atoms in total. The highest BCUT2D eigenvalue weighted by Gasteiger charge is 2.07. The van der Waals surface area contributed by atoms with Gasteiger partial charge in [0.15, 0.2) is 5.78 Å². The molecule has 0 amide bonds. The first-order valence-electron chi connectivity index (χ1n) is 12.4. The lowest BCUT2D eigenvalue weighted by Crippen LogP contribution is -2.01. The predicted molar refractivity (Wildman–Crippen MR) is 135 cm³/mol. The second-order valence-corrected chi connectivity index (χ2v) is 8.27. The summed E-state index contributed by atoms with van der Waals surface area (Å²) in [6, 6.07) is 13.7. The van der Waals surface area contributed by atoms with Crippen LogP contribution < -0.4 is 9.47 Å². The zero-order valence-electron chi connectivity index (χ0n) is 20.2. The van der Waals surface area contributed by atoms with Crippen LogP contribution in [0.3, 0.4) is 0 Å². The zero-order valence-corrected chi connectivity index (χ0v) is 20.2. The van der Waals surface area contributed by atoms with E-state index in [9.17, 15) is 4.79 Å². The molecular formula is C29H40O3. The van der Waals surface area contributed by atoms with Gasteiger partial charge in [0, 0.05) is 11.1 Å². The number of ether oxygens (including phenoxy) is 2. The first-order chi connectivity index (χ1) is 15.7. The van der Waals surface area contributed by atoms with Crippen molar-refractivity contribution in [2.24, 2.45) is 0 Å². The van der Waals surface area contributed by atoms with Crippen molar-refractivity contribution in [2.75, 3.05) is 13.2 Å². The molecule has 2 rings (SSSR count). The molecule has 0 saturated heterocycles. The van der Waals surface area contributed by atoms with Crippen molar-refractivity contribution in [3.05, 3.63) is 65.2 Å². The van der Waals surface area contributed by atoms with E-state index < -0.39 is 0 Å². The van der Waals surface area contributed by atoms with Crippen molar-refractivity contribution >= 4 is 11.9 Å². The van der Waals surface area contributed by atoms with Crippen LogP contribution in [0.15, 0.2) is 48.5 Å². The Morgan fingerprint density at radius 3 is 2.22 bits per heavy atom. The van der Waals surface area contributed by atoms with E-state index in [-0.39, 0.29) is 5.78 Å². The fourth-order valence-electron chi connectivity index (χ4n) is 3.51. The van der Waals surface area contributed by atoms with Crippen molar-refractivity contribution < 1.29 is 14.3 Å². The fraction of sp³-hybridized carbons (Fsp3) is 0.483. The maximum atomic E-state index is 12.8. The molecule has 0 aliphatic heterocycles. The van der Waals surface area contributed by atoms with Gasteiger partial charge in [0.05, 0.1) is 13.2 Å². The molecule has 0 unspecified atom stereocenters. The molecule has 0 heterocycles. The lowest BCUT2D eigenvalue weighted by atomic mass is 10.1. The van der Waals surface area contributed by atoms with Crippen LogP contribution in [-0.2, 0) is 6.42 Å². The quantitative estimate of drug-likeness (QED) is 0.152. The number of ketones is 1. The minimum atomic E-state index is -0.0303. The lowest BCUT2D eigenvalue weighted by molar-refractivity contribution is 0.104. The molecule has 0 atom stereocenters. The summed E-state index contributed by atoms with van der Waals surface area (Å²) >= 11 is 0. The van der Waals surface area contributed by atoms with E-state index in [1.165, 1.54) is 44.1 Å². The van der Waals surface area contributed by atoms with Crippen molar-refractivity contribution in [3.63, 3.8) is 0 Å². The number of carbonyl (C=O) groups is 1. The summed E-state index contributed by atoms with van der Waals surface area (Å²) in [5.41, 5.74) is 2.83. The molecule has 0 aliphatic carbocycles. The summed E-state index contributed by atoms with van der Waals surface area (Å²) in [7, 11) is 0. The van der Waals surface area contributed by atoms with E-state index in [1.54, 1.807) is 6.08 Å². The van der Waals surface area contributed by atoms with Crippen LogP contribution in [0.2, 0.25) is 0 Å². The van der Waals surface area contributed by atoms with E-state index in [4.69, 9.17) is 9.47 Å². The molecule has 0 aromatic heterocycles. The second-order valence-electron chi connectivity index (χ2n) is 8.27. The summed E-state index contributed by atoms with van der Waals surface area (Å²) in [5.74, 6) is 1.56. The Hall–Kier alpha value is -2.55. The van der Waals surface area contributed by atoms with Crippen LogP contribution in [-0.4, -0.2) is 19.0 Å². The number of aryl methyl sites for hydroxylation is 1. The average molecular weight is 437 g/mol. The van der Waals surface area contributed by atoms with Gasteiger partial charge in [0.2, 0.25) is 0 Å². The first-order valence-corrected chi connectivity index (χ1v) is 12.4. The number of rotatable bonds is 16. The molecule has 0 spiro atoms. The smallest absolute Gasteiger partial charge is 0.185 e. The molecule has 174 valence electrons. The number of carbonyl (C=O) groups excluding carboxylic acids is 1. The number of hydrogen-bond acceptors (Lipinski definition) is 3. The Morgan fingerprint density at radius 1 is 0.812 bits per heavy atom. The van der Waals surface area contributed by atoms with Gasteiger partial charge in [-0.25, -0.2) is 0 Å². The highest BCUT2D eigenvalue weighted by molar-refractivity contribution is 6.07. The van der Waals surface area contributed by atoms with Gasteiger partial charge in [-0.3, -0.25) is 4.79 Å². The third kappa shape index (κ3) is 9.30. The number of benzene rings is 2. The summed E-state index contributed by atoms with van der Waals surface area (Å²) in [4.78, 5) is 12.8. The van der Waals surface area contributed by atoms with E-state index in [0.717, 1.165) is 36.3 Å². The van der Waals surface area contributed by atoms with E-state index in [2.05, 4.69) is 32.9 Å². The Bertz CT molecular complexity index is 838. The van der Waals surface area contributed by atoms with Crippen molar-refractivity contribution in [2.45, 2.75) is 78.6 Å². The Labute approximate surface area is 194 Å². The SMILES string of the molecule is CCCCCCOc1cccc(C(=O)C=Cc2cc(CC)ccc2OCCCCCC)c1. The second kappa shape index (κ2) is 15.3. The van der Waals surface area contributed by atoms with Gasteiger partial charge < -0.3 is 9.47 Å². The number of unbranched alkanes of at least 4 members (excludes halogenated alkanes) is 6. The highest BCUT2D eigenvalue weighted by Crippen LogP contribution is 2.23. The largest absolute Gasteiger partial charge is 0.494 e. The van der Waals surface area contributed by atoms with Crippen LogP contribution in [0.5, 0.6) is 11.5 Å². The van der Waals surface area contributed by atoms with E-state index >= 15 is 0 Å². The maximum absolute atomic E-state index is 12.8. The van der Waals surface area contributed by atoms with Crippen LogP contribution >= 0.6 is 0 Å². The predicted octanol–water partition coefficient (Wildman–Crippen LogP) is 8.06. The van der Waals surface area contributed by atoms with Gasteiger partial charge >= 0.3 is 0 Å². The molecule has 0 fully saturated rings. The van der Waals surface area contributed by atoms with E-state index in [1.807, 2.05) is 36.4 Å². The Kier molecular flexibility index (Phi) is 12.3. The molecule has 0 aliphatic rings. The van der Waals surface area contributed by atoms with Crippen molar-refractivity contribution in [3.8, 4) is 11.5 Å². The van der Waals surface area contributed by atoms with Gasteiger partial charge in [-0.2, -0.15) is 0 Å². The molecule has 3 heteroatoms. The third-order valence-corrected chi connectivity index (χ3v) is 5.54. The number of allylic oxidation sites excluding steroid dienone is 1. The summed E-state index contributed by atoms with van der Waals surface area (Å²) in [6.45, 7) is 7.94. The molecule has 0 radical (unpaired) electrons. The monoisotopic (exact) mass is 436 g/mol. The first kappa shape index (κ1) is 25.7. The normalized spacial score (nSPS) is 11.1. The van der Waals surface area contributed by atoms with E-state index in [0.29, 0.717) is 18.8 Å². The van der Waals surface area contributed by atoms with Gasteiger partial charge in [-0.15, -0.1) is 0 Å². The molecule has 2 aromatic carbocycles. The van der Waals surface area contributed by atoms with Gasteiger partial charge in [0.1, 0.15) is 11.5 Å². The molecule has 32 heavy (non-hydrogen) atoms. The highest BCUT2D eigenvalue weighted by atomic mass is 16.5. The summed E-state index contributed by atoms with van der Waals surface area (Å²) in [6.07, 6.45) is 13.8. The third-order valence-electron chi connectivity index (χ3n) is 5.54. The van der Waals surface area contributed by atoms with Crippen molar-refractivity contribution in [1.29, 1.82) is 0 Å². The standard InChI is InChI=1S/C29H40O3/c1-4-7-9-11-20-31-27-15-13-14-25(23-27)28(30)18-17-26-22-24(6-3)16-19-29(26)32-21-12-10-8-5-2/h13-19,22-23H,4-12,20-21H2,1-3H3. The fourth-order valence-corrected chi connectivity index (χ4v) is 3.51. The minimum absolute atomic E-state index is 0.0303. The Morgan fingerprint density at radius 2 is 1.53 bits per heavy atom. The Balaban J connectivity index is 2.01. The zero-order chi connectivity index (χ0) is 23.0. The average Bonchev–Trinajstić information content (AvgIpc) is 2.83. The van der Waals surface area contributed by atoms with Crippen molar-refractivity contribution in [1.82, 2.24) is 0 Å². The van der Waals surface area contributed by atoms with Crippen LogP contribution in [0, 0.1) is 0 Å². The van der Waals surface area contributed by atoms with Crippen LogP contribution in [0.1, 0.15) is 93.6 Å². The molecule has 0 N–H and O–H groups in total. The molecule has 0 saturated carbocycles.